The first-order valence-corrected chi connectivity index (χ1v) is 7.70. The third kappa shape index (κ3) is 9.72. The summed E-state index contributed by atoms with van der Waals surface area (Å²) in [7, 11) is 5.70. The molecule has 0 unspecified atom stereocenters. The molecule has 0 spiro atoms. The Balaban J connectivity index is 0.00000484. The van der Waals surface area contributed by atoms with Crippen LogP contribution in [0.3, 0.4) is 0 Å². The van der Waals surface area contributed by atoms with Crippen LogP contribution in [0.1, 0.15) is 19.2 Å². The number of aliphatic imine (C=N–C) groups is 1. The fraction of sp³-hybridized carbons (Fsp3) is 0.786. The van der Waals surface area contributed by atoms with Crippen LogP contribution in [0.4, 0.5) is 0 Å². The number of likely N-dealkylation sites (N-methyl/N-ethyl adjacent to an activating group) is 1. The van der Waals surface area contributed by atoms with Crippen LogP contribution in [0.5, 0.6) is 0 Å². The van der Waals surface area contributed by atoms with Crippen LogP contribution in [-0.2, 0) is 18.3 Å². The second kappa shape index (κ2) is 13.5. The van der Waals surface area contributed by atoms with Crippen molar-refractivity contribution in [2.45, 2.75) is 19.9 Å². The van der Waals surface area contributed by atoms with Gasteiger partial charge in [0.2, 0.25) is 0 Å². The summed E-state index contributed by atoms with van der Waals surface area (Å²) in [6.45, 7) is 7.03. The van der Waals surface area contributed by atoms with Crippen molar-refractivity contribution in [1.29, 1.82) is 0 Å². The van der Waals surface area contributed by atoms with E-state index in [0.29, 0.717) is 6.54 Å². The van der Waals surface area contributed by atoms with Gasteiger partial charge < -0.3 is 20.3 Å². The Morgan fingerprint density at radius 1 is 1.39 bits per heavy atom. The standard InChI is InChI=1S/C14H29N7O.HI/c1-5-15-14(17-11-13-18-12-19-21(13)3)16-7-6-8-20(2)9-10-22-4;/h12H,5-11H2,1-4H3,(H2,15,16,17);1H. The summed E-state index contributed by atoms with van der Waals surface area (Å²) in [5.41, 5.74) is 0. The van der Waals surface area contributed by atoms with Crippen molar-refractivity contribution in [2.75, 3.05) is 46.9 Å². The number of halogens is 1. The number of aryl methyl sites for hydroxylation is 1. The Hall–Kier alpha value is -0.940. The summed E-state index contributed by atoms with van der Waals surface area (Å²) in [6, 6.07) is 0. The molecular weight excluding hydrogens is 409 g/mol. The molecule has 0 amide bonds. The van der Waals surface area contributed by atoms with Crippen LogP contribution in [0.2, 0.25) is 0 Å². The summed E-state index contributed by atoms with van der Waals surface area (Å²) in [5.74, 6) is 1.65. The van der Waals surface area contributed by atoms with Crippen LogP contribution in [0, 0.1) is 0 Å². The van der Waals surface area contributed by atoms with Crippen molar-refractivity contribution in [3.8, 4) is 0 Å². The molecule has 0 aromatic carbocycles. The molecule has 0 aliphatic heterocycles. The third-order valence-corrected chi connectivity index (χ3v) is 3.21. The zero-order valence-corrected chi connectivity index (χ0v) is 16.9. The number of nitrogens with zero attached hydrogens (tertiary/aromatic N) is 5. The van der Waals surface area contributed by atoms with E-state index in [1.807, 2.05) is 7.05 Å². The molecule has 8 nitrogen and oxygen atoms in total. The van der Waals surface area contributed by atoms with E-state index in [9.17, 15) is 0 Å². The average Bonchev–Trinajstić information content (AvgIpc) is 2.92. The van der Waals surface area contributed by atoms with Gasteiger partial charge in [0.25, 0.3) is 0 Å². The number of rotatable bonds is 10. The third-order valence-electron chi connectivity index (χ3n) is 3.21. The van der Waals surface area contributed by atoms with Gasteiger partial charge in [-0.05, 0) is 26.9 Å². The van der Waals surface area contributed by atoms with Crippen LogP contribution in [0.25, 0.3) is 0 Å². The molecule has 9 heteroatoms. The topological polar surface area (TPSA) is 79.6 Å². The molecule has 0 saturated carbocycles. The van der Waals surface area contributed by atoms with Gasteiger partial charge in [-0.2, -0.15) is 5.10 Å². The summed E-state index contributed by atoms with van der Waals surface area (Å²) in [5, 5.41) is 10.6. The van der Waals surface area contributed by atoms with Gasteiger partial charge in [-0.25, -0.2) is 9.98 Å². The van der Waals surface area contributed by atoms with Gasteiger partial charge in [0.15, 0.2) is 5.96 Å². The molecule has 0 fully saturated rings. The molecule has 1 aromatic heterocycles. The molecule has 0 saturated heterocycles. The van der Waals surface area contributed by atoms with E-state index in [4.69, 9.17) is 4.74 Å². The van der Waals surface area contributed by atoms with Crippen molar-refractivity contribution < 1.29 is 4.74 Å². The molecule has 1 rings (SSSR count). The number of ether oxygens (including phenoxy) is 1. The van der Waals surface area contributed by atoms with Crippen molar-refractivity contribution in [3.63, 3.8) is 0 Å². The number of guanidine groups is 1. The number of nitrogens with one attached hydrogen (secondary N) is 2. The maximum Gasteiger partial charge on any atom is 0.191 e. The van der Waals surface area contributed by atoms with E-state index >= 15 is 0 Å². The monoisotopic (exact) mass is 439 g/mol. The van der Waals surface area contributed by atoms with Gasteiger partial charge in [0.1, 0.15) is 18.7 Å². The van der Waals surface area contributed by atoms with E-state index in [1.165, 1.54) is 0 Å². The van der Waals surface area contributed by atoms with E-state index in [-0.39, 0.29) is 24.0 Å². The molecule has 134 valence electrons. The lowest BCUT2D eigenvalue weighted by Gasteiger charge is -2.16. The minimum atomic E-state index is 0. The second-order valence-electron chi connectivity index (χ2n) is 5.07. The molecule has 0 aliphatic rings. The number of methoxy groups -OCH3 is 1. The fourth-order valence-electron chi connectivity index (χ4n) is 1.87. The molecule has 23 heavy (non-hydrogen) atoms. The highest BCUT2D eigenvalue weighted by molar-refractivity contribution is 14.0. The van der Waals surface area contributed by atoms with E-state index in [2.05, 4.69) is 44.6 Å². The number of aromatic nitrogens is 3. The lowest BCUT2D eigenvalue weighted by atomic mass is 10.4. The van der Waals surface area contributed by atoms with Crippen molar-refractivity contribution >= 4 is 29.9 Å². The first-order valence-electron chi connectivity index (χ1n) is 7.70. The smallest absolute Gasteiger partial charge is 0.191 e. The van der Waals surface area contributed by atoms with Gasteiger partial charge in [0.05, 0.1) is 6.61 Å². The van der Waals surface area contributed by atoms with E-state index in [0.717, 1.165) is 51.0 Å². The highest BCUT2D eigenvalue weighted by Gasteiger charge is 2.02. The zero-order chi connectivity index (χ0) is 16.2. The van der Waals surface area contributed by atoms with Gasteiger partial charge in [-0.3, -0.25) is 4.68 Å². The normalized spacial score (nSPS) is 11.4. The maximum absolute atomic E-state index is 5.07. The van der Waals surface area contributed by atoms with Crippen LogP contribution in [0.15, 0.2) is 11.3 Å². The number of hydrogen-bond donors (Lipinski definition) is 2. The molecule has 1 aromatic rings. The summed E-state index contributed by atoms with van der Waals surface area (Å²) >= 11 is 0. The minimum absolute atomic E-state index is 0. The molecule has 0 aliphatic carbocycles. The highest BCUT2D eigenvalue weighted by Crippen LogP contribution is 1.93. The fourth-order valence-corrected chi connectivity index (χ4v) is 1.87. The largest absolute Gasteiger partial charge is 0.383 e. The lowest BCUT2D eigenvalue weighted by Crippen LogP contribution is -2.38. The molecule has 2 N–H and O–H groups in total. The van der Waals surface area contributed by atoms with Crippen LogP contribution in [-0.4, -0.2) is 72.6 Å². The van der Waals surface area contributed by atoms with Gasteiger partial charge in [-0.15, -0.1) is 24.0 Å². The first-order chi connectivity index (χ1) is 10.7. The Kier molecular flexibility index (Phi) is 12.9. The predicted molar refractivity (Wildman–Crippen MR) is 103 cm³/mol. The molecular formula is C14H30IN7O. The summed E-state index contributed by atoms with van der Waals surface area (Å²) in [4.78, 5) is 10.9. The van der Waals surface area contributed by atoms with E-state index < -0.39 is 0 Å². The van der Waals surface area contributed by atoms with Gasteiger partial charge in [-0.1, -0.05) is 0 Å². The van der Waals surface area contributed by atoms with Crippen LogP contribution >= 0.6 is 24.0 Å². The molecule has 1 heterocycles. The van der Waals surface area contributed by atoms with Crippen molar-refractivity contribution in [3.05, 3.63) is 12.2 Å². The average molecular weight is 439 g/mol. The molecule has 0 atom stereocenters. The minimum Gasteiger partial charge on any atom is -0.383 e. The maximum atomic E-state index is 5.07. The Morgan fingerprint density at radius 2 is 2.17 bits per heavy atom. The second-order valence-corrected chi connectivity index (χ2v) is 5.07. The molecule has 0 bridgehead atoms. The predicted octanol–water partition coefficient (Wildman–Crippen LogP) is 0.457. The van der Waals surface area contributed by atoms with E-state index in [1.54, 1.807) is 18.1 Å². The SMILES string of the molecule is CCNC(=NCc1ncnn1C)NCCCN(C)CCOC.I. The summed E-state index contributed by atoms with van der Waals surface area (Å²) in [6.07, 6.45) is 2.59. The molecule has 0 radical (unpaired) electrons. The Bertz CT molecular complexity index is 439. The van der Waals surface area contributed by atoms with Crippen LogP contribution < -0.4 is 10.6 Å². The highest BCUT2D eigenvalue weighted by atomic mass is 127. The first kappa shape index (κ1) is 22.1. The van der Waals surface area contributed by atoms with Crippen molar-refractivity contribution in [2.24, 2.45) is 12.0 Å². The van der Waals surface area contributed by atoms with Gasteiger partial charge in [0, 0.05) is 33.8 Å². The zero-order valence-electron chi connectivity index (χ0n) is 14.6. The summed E-state index contributed by atoms with van der Waals surface area (Å²) < 4.78 is 6.80. The Labute approximate surface area is 156 Å². The number of hydrogen-bond acceptors (Lipinski definition) is 5. The van der Waals surface area contributed by atoms with Gasteiger partial charge >= 0.3 is 0 Å². The van der Waals surface area contributed by atoms with Crippen molar-refractivity contribution in [1.82, 2.24) is 30.3 Å². The lowest BCUT2D eigenvalue weighted by molar-refractivity contribution is 0.161. The Morgan fingerprint density at radius 3 is 2.78 bits per heavy atom. The quantitative estimate of drug-likeness (QED) is 0.239.